The van der Waals surface area contributed by atoms with E-state index in [4.69, 9.17) is 11.6 Å². The van der Waals surface area contributed by atoms with Crippen LogP contribution in [0.2, 0.25) is 5.02 Å². The van der Waals surface area contributed by atoms with Crippen molar-refractivity contribution in [2.75, 3.05) is 0 Å². The first kappa shape index (κ1) is 16.8. The lowest BCUT2D eigenvalue weighted by Crippen LogP contribution is -2.00. The van der Waals surface area contributed by atoms with Crippen LogP contribution in [0.15, 0.2) is 71.3 Å². The average Bonchev–Trinajstić information content (AvgIpc) is 3.02. The van der Waals surface area contributed by atoms with E-state index in [1.54, 1.807) is 12.1 Å². The third-order valence-electron chi connectivity index (χ3n) is 4.12. The van der Waals surface area contributed by atoms with E-state index in [0.29, 0.717) is 16.4 Å². The number of hydrogen-bond donors (Lipinski definition) is 1. The number of nitrogens with zero attached hydrogens (tertiary/aromatic N) is 2. The fourth-order valence-corrected chi connectivity index (χ4v) is 3.32. The van der Waals surface area contributed by atoms with Gasteiger partial charge in [0.1, 0.15) is 5.56 Å². The molecule has 6 heteroatoms. The van der Waals surface area contributed by atoms with Gasteiger partial charge in [-0.3, -0.25) is 4.40 Å². The number of carbonyl (C=O) groups is 1. The third-order valence-corrected chi connectivity index (χ3v) is 4.90. The molecule has 2 aromatic carbocycles. The number of hydrogen-bond acceptors (Lipinski definition) is 2. The second-order valence-corrected chi connectivity index (χ2v) is 7.10. The van der Waals surface area contributed by atoms with Gasteiger partial charge in [0, 0.05) is 26.8 Å². The molecule has 4 nitrogen and oxygen atoms in total. The second kappa shape index (κ2) is 6.59. The van der Waals surface area contributed by atoms with Crippen molar-refractivity contribution in [1.82, 2.24) is 9.38 Å². The zero-order valence-corrected chi connectivity index (χ0v) is 15.7. The minimum Gasteiger partial charge on any atom is -0.478 e. The van der Waals surface area contributed by atoms with Crippen LogP contribution in [-0.4, -0.2) is 20.5 Å². The molecule has 0 amide bonds. The van der Waals surface area contributed by atoms with E-state index in [1.807, 2.05) is 59.1 Å². The fraction of sp³-hybridized carbons (Fsp3) is 0. The first-order chi connectivity index (χ1) is 12.5. The molecule has 128 valence electrons. The van der Waals surface area contributed by atoms with E-state index in [-0.39, 0.29) is 5.56 Å². The van der Waals surface area contributed by atoms with Gasteiger partial charge < -0.3 is 5.11 Å². The molecule has 0 spiro atoms. The Morgan fingerprint density at radius 3 is 2.31 bits per heavy atom. The number of carboxylic acids is 1. The van der Waals surface area contributed by atoms with Crippen LogP contribution in [0.1, 0.15) is 10.4 Å². The summed E-state index contributed by atoms with van der Waals surface area (Å²) >= 11 is 9.46. The number of aromatic nitrogens is 2. The zero-order chi connectivity index (χ0) is 18.3. The number of imidazole rings is 1. The maximum absolute atomic E-state index is 11.6. The Labute approximate surface area is 162 Å². The molecule has 0 aliphatic heterocycles. The molecule has 0 radical (unpaired) electrons. The molecular formula is C20H12BrClN2O2. The predicted molar refractivity (Wildman–Crippen MR) is 106 cm³/mol. The van der Waals surface area contributed by atoms with Crippen LogP contribution >= 0.6 is 27.5 Å². The van der Waals surface area contributed by atoms with Gasteiger partial charge in [-0.25, -0.2) is 9.78 Å². The predicted octanol–water partition coefficient (Wildman–Crippen LogP) is 5.78. The summed E-state index contributed by atoms with van der Waals surface area (Å²) in [5, 5.41) is 10.2. The lowest BCUT2D eigenvalue weighted by atomic mass is 10.1. The SMILES string of the molecule is O=C(O)c1cccn2c(-c3ccc(Cl)cc3)c(-c3ccc(Br)cc3)nc12. The lowest BCUT2D eigenvalue weighted by Gasteiger charge is -2.07. The van der Waals surface area contributed by atoms with E-state index in [9.17, 15) is 9.90 Å². The van der Waals surface area contributed by atoms with Crippen LogP contribution in [0.3, 0.4) is 0 Å². The maximum Gasteiger partial charge on any atom is 0.339 e. The number of fused-ring (bicyclic) bond motifs is 1. The Morgan fingerprint density at radius 2 is 1.65 bits per heavy atom. The van der Waals surface area contributed by atoms with Gasteiger partial charge in [-0.1, -0.05) is 51.8 Å². The largest absolute Gasteiger partial charge is 0.478 e. The van der Waals surface area contributed by atoms with Gasteiger partial charge in [0.2, 0.25) is 0 Å². The highest BCUT2D eigenvalue weighted by Gasteiger charge is 2.20. The second-order valence-electron chi connectivity index (χ2n) is 5.74. The van der Waals surface area contributed by atoms with Gasteiger partial charge >= 0.3 is 5.97 Å². The number of benzene rings is 2. The molecule has 0 bridgehead atoms. The fourth-order valence-electron chi connectivity index (χ4n) is 2.93. The van der Waals surface area contributed by atoms with Crippen molar-refractivity contribution >= 4 is 39.1 Å². The highest BCUT2D eigenvalue weighted by molar-refractivity contribution is 9.10. The summed E-state index contributed by atoms with van der Waals surface area (Å²) in [5.74, 6) is -1.01. The van der Waals surface area contributed by atoms with Crippen molar-refractivity contribution in [3.8, 4) is 22.5 Å². The van der Waals surface area contributed by atoms with Gasteiger partial charge in [-0.05, 0) is 36.4 Å². The molecule has 26 heavy (non-hydrogen) atoms. The Morgan fingerprint density at radius 1 is 1.00 bits per heavy atom. The van der Waals surface area contributed by atoms with E-state index < -0.39 is 5.97 Å². The minimum atomic E-state index is -1.01. The zero-order valence-electron chi connectivity index (χ0n) is 13.4. The van der Waals surface area contributed by atoms with Gasteiger partial charge in [0.05, 0.1) is 11.4 Å². The Balaban J connectivity index is 2.07. The van der Waals surface area contributed by atoms with Crippen LogP contribution in [0.25, 0.3) is 28.2 Å². The molecule has 2 aromatic heterocycles. The molecule has 4 aromatic rings. The summed E-state index contributed by atoms with van der Waals surface area (Å²) < 4.78 is 2.77. The number of halogens is 2. The highest BCUT2D eigenvalue weighted by atomic mass is 79.9. The summed E-state index contributed by atoms with van der Waals surface area (Å²) in [4.78, 5) is 16.3. The van der Waals surface area contributed by atoms with Crippen LogP contribution in [-0.2, 0) is 0 Å². The molecular weight excluding hydrogens is 416 g/mol. The summed E-state index contributed by atoms with van der Waals surface area (Å²) in [5.41, 5.74) is 3.91. The van der Waals surface area contributed by atoms with Crippen molar-refractivity contribution in [3.63, 3.8) is 0 Å². The molecule has 0 aliphatic carbocycles. The topological polar surface area (TPSA) is 54.6 Å². The Kier molecular flexibility index (Phi) is 4.26. The van der Waals surface area contributed by atoms with Gasteiger partial charge in [-0.15, -0.1) is 0 Å². The van der Waals surface area contributed by atoms with Gasteiger partial charge in [0.15, 0.2) is 5.65 Å². The van der Waals surface area contributed by atoms with E-state index >= 15 is 0 Å². The van der Waals surface area contributed by atoms with E-state index in [2.05, 4.69) is 20.9 Å². The van der Waals surface area contributed by atoms with Crippen LogP contribution in [0.4, 0.5) is 0 Å². The number of carboxylic acid groups (broad SMARTS) is 1. The first-order valence-corrected chi connectivity index (χ1v) is 8.98. The van der Waals surface area contributed by atoms with Crippen molar-refractivity contribution in [3.05, 3.63) is 81.9 Å². The van der Waals surface area contributed by atoms with Crippen molar-refractivity contribution in [2.24, 2.45) is 0 Å². The lowest BCUT2D eigenvalue weighted by molar-refractivity contribution is 0.0698. The highest BCUT2D eigenvalue weighted by Crippen LogP contribution is 2.34. The summed E-state index contributed by atoms with van der Waals surface area (Å²) in [6.07, 6.45) is 1.82. The molecule has 0 fully saturated rings. The molecule has 0 saturated heterocycles. The summed E-state index contributed by atoms with van der Waals surface area (Å²) in [6, 6.07) is 18.5. The van der Waals surface area contributed by atoms with Crippen LogP contribution in [0.5, 0.6) is 0 Å². The minimum absolute atomic E-state index is 0.158. The molecule has 0 aliphatic rings. The van der Waals surface area contributed by atoms with Crippen molar-refractivity contribution in [1.29, 1.82) is 0 Å². The van der Waals surface area contributed by atoms with Crippen LogP contribution in [0, 0.1) is 0 Å². The monoisotopic (exact) mass is 426 g/mol. The summed E-state index contributed by atoms with van der Waals surface area (Å²) in [6.45, 7) is 0. The summed E-state index contributed by atoms with van der Waals surface area (Å²) in [7, 11) is 0. The molecule has 4 rings (SSSR count). The standard InChI is InChI=1S/C20H12BrClN2O2/c21-14-7-3-12(4-8-14)17-18(13-5-9-15(22)10-6-13)24-11-1-2-16(20(25)26)19(24)23-17/h1-11H,(H,25,26). The number of rotatable bonds is 3. The molecule has 0 atom stereocenters. The van der Waals surface area contributed by atoms with Gasteiger partial charge in [-0.2, -0.15) is 0 Å². The molecule has 1 N–H and O–H groups in total. The molecule has 0 saturated carbocycles. The Bertz CT molecular complexity index is 1120. The molecule has 0 unspecified atom stereocenters. The number of aromatic carboxylic acids is 1. The smallest absolute Gasteiger partial charge is 0.339 e. The third kappa shape index (κ3) is 2.89. The normalized spacial score (nSPS) is 11.0. The van der Waals surface area contributed by atoms with Gasteiger partial charge in [0.25, 0.3) is 0 Å². The first-order valence-electron chi connectivity index (χ1n) is 7.81. The van der Waals surface area contributed by atoms with Crippen LogP contribution < -0.4 is 0 Å². The van der Waals surface area contributed by atoms with Crippen molar-refractivity contribution in [2.45, 2.75) is 0 Å². The Hall–Kier alpha value is -2.63. The van der Waals surface area contributed by atoms with E-state index in [0.717, 1.165) is 21.3 Å². The maximum atomic E-state index is 11.6. The number of pyridine rings is 1. The van der Waals surface area contributed by atoms with Crippen molar-refractivity contribution < 1.29 is 9.90 Å². The van der Waals surface area contributed by atoms with E-state index in [1.165, 1.54) is 0 Å². The molecule has 2 heterocycles. The average molecular weight is 428 g/mol. The quantitative estimate of drug-likeness (QED) is 0.451.